The molecule has 0 aliphatic rings. The molecule has 7 heteroatoms. The summed E-state index contributed by atoms with van der Waals surface area (Å²) in [7, 11) is 0. The molecule has 0 fully saturated rings. The minimum atomic E-state index is -0.567. The fourth-order valence-electron chi connectivity index (χ4n) is 2.35. The van der Waals surface area contributed by atoms with Crippen LogP contribution in [-0.2, 0) is 11.3 Å². The Balaban J connectivity index is 1.53. The van der Waals surface area contributed by atoms with Gasteiger partial charge in [-0.05, 0) is 50.2 Å². The molecule has 1 N–H and O–H groups in total. The Bertz CT molecular complexity index is 875. The van der Waals surface area contributed by atoms with Crippen LogP contribution in [0.1, 0.15) is 37.9 Å². The number of esters is 1. The summed E-state index contributed by atoms with van der Waals surface area (Å²) in [6.07, 6.45) is 1.64. The number of aromatic nitrogens is 2. The average Bonchev–Trinajstić information content (AvgIpc) is 3.29. The molecule has 1 aromatic carbocycles. The Hall–Kier alpha value is -3.35. The maximum Gasteiger partial charge on any atom is 0.338 e. The predicted octanol–water partition coefficient (Wildman–Crippen LogP) is 3.24. The van der Waals surface area contributed by atoms with E-state index in [1.165, 1.54) is 0 Å². The number of H-pyrrole nitrogens is 1. The highest BCUT2D eigenvalue weighted by molar-refractivity contribution is 5.98. The van der Waals surface area contributed by atoms with Gasteiger partial charge < -0.3 is 19.0 Å². The normalized spacial score (nSPS) is 10.5. The smallest absolute Gasteiger partial charge is 0.338 e. The quantitative estimate of drug-likeness (QED) is 0.517. The third-order valence-electron chi connectivity index (χ3n) is 3.89. The molecule has 2 aromatic heterocycles. The molecule has 0 amide bonds. The SMILES string of the molecule is Cc1noc(C)c1COc1ccc(C(=O)OCC(=O)c2ccc[nH]2)cc1. The van der Waals surface area contributed by atoms with Crippen LogP contribution in [0.25, 0.3) is 0 Å². The first-order valence-electron chi connectivity index (χ1n) is 8.03. The van der Waals surface area contributed by atoms with Crippen LogP contribution in [-0.4, -0.2) is 28.5 Å². The molecule has 0 saturated carbocycles. The molecular formula is C19H18N2O5. The van der Waals surface area contributed by atoms with E-state index in [2.05, 4.69) is 10.1 Å². The zero-order valence-corrected chi connectivity index (χ0v) is 14.4. The number of hydrogen-bond donors (Lipinski definition) is 1. The molecule has 0 aliphatic carbocycles. The van der Waals surface area contributed by atoms with Crippen LogP contribution in [0, 0.1) is 13.8 Å². The van der Waals surface area contributed by atoms with Crippen molar-refractivity contribution < 1.29 is 23.6 Å². The molecule has 2 heterocycles. The highest BCUT2D eigenvalue weighted by Crippen LogP contribution is 2.18. The number of nitrogens with zero attached hydrogens (tertiary/aromatic N) is 1. The van der Waals surface area contributed by atoms with Gasteiger partial charge in [-0.3, -0.25) is 4.79 Å². The van der Waals surface area contributed by atoms with Crippen molar-refractivity contribution in [1.82, 2.24) is 10.1 Å². The summed E-state index contributed by atoms with van der Waals surface area (Å²) in [5.41, 5.74) is 2.43. The van der Waals surface area contributed by atoms with Gasteiger partial charge in [-0.1, -0.05) is 5.16 Å². The lowest BCUT2D eigenvalue weighted by Gasteiger charge is -2.07. The van der Waals surface area contributed by atoms with Crippen LogP contribution >= 0.6 is 0 Å². The van der Waals surface area contributed by atoms with E-state index in [1.54, 1.807) is 42.6 Å². The summed E-state index contributed by atoms with van der Waals surface area (Å²) >= 11 is 0. The molecule has 0 atom stereocenters. The summed E-state index contributed by atoms with van der Waals surface area (Å²) < 4.78 is 15.8. The van der Waals surface area contributed by atoms with E-state index in [0.717, 1.165) is 17.0 Å². The van der Waals surface area contributed by atoms with E-state index in [1.807, 2.05) is 13.8 Å². The van der Waals surface area contributed by atoms with E-state index < -0.39 is 5.97 Å². The van der Waals surface area contributed by atoms with Crippen molar-refractivity contribution in [3.05, 3.63) is 70.9 Å². The zero-order chi connectivity index (χ0) is 18.5. The molecule has 0 bridgehead atoms. The van der Waals surface area contributed by atoms with Gasteiger partial charge in [0.25, 0.3) is 0 Å². The third kappa shape index (κ3) is 4.00. The molecule has 0 spiro atoms. The zero-order valence-electron chi connectivity index (χ0n) is 14.4. The number of ketones is 1. The highest BCUT2D eigenvalue weighted by Gasteiger charge is 2.13. The Morgan fingerprint density at radius 2 is 1.92 bits per heavy atom. The number of rotatable bonds is 7. The second kappa shape index (κ2) is 7.69. The first kappa shape index (κ1) is 17.5. The average molecular weight is 354 g/mol. The van der Waals surface area contributed by atoms with Gasteiger partial charge in [-0.15, -0.1) is 0 Å². The minimum absolute atomic E-state index is 0.289. The fraction of sp³-hybridized carbons (Fsp3) is 0.211. The highest BCUT2D eigenvalue weighted by atomic mass is 16.5. The van der Waals surface area contributed by atoms with Crippen molar-refractivity contribution in [2.24, 2.45) is 0 Å². The first-order valence-corrected chi connectivity index (χ1v) is 8.03. The van der Waals surface area contributed by atoms with E-state index in [4.69, 9.17) is 14.0 Å². The summed E-state index contributed by atoms with van der Waals surface area (Å²) in [6, 6.07) is 9.84. The predicted molar refractivity (Wildman–Crippen MR) is 92.2 cm³/mol. The number of ether oxygens (including phenoxy) is 2. The van der Waals surface area contributed by atoms with Crippen molar-refractivity contribution in [1.29, 1.82) is 0 Å². The van der Waals surface area contributed by atoms with Gasteiger partial charge in [0.1, 0.15) is 18.1 Å². The third-order valence-corrected chi connectivity index (χ3v) is 3.89. The molecule has 0 radical (unpaired) electrons. The van der Waals surface area contributed by atoms with Crippen LogP contribution in [0.5, 0.6) is 5.75 Å². The van der Waals surface area contributed by atoms with Gasteiger partial charge in [0.05, 0.1) is 22.5 Å². The maximum atomic E-state index is 12.0. The minimum Gasteiger partial charge on any atom is -0.489 e. The number of carbonyl (C=O) groups excluding carboxylic acids is 2. The molecule has 3 rings (SSSR count). The summed E-state index contributed by atoms with van der Waals surface area (Å²) in [6.45, 7) is 3.69. The van der Waals surface area contributed by atoms with Crippen molar-refractivity contribution in [3.8, 4) is 5.75 Å². The molecule has 0 unspecified atom stereocenters. The van der Waals surface area contributed by atoms with E-state index in [-0.39, 0.29) is 12.4 Å². The summed E-state index contributed by atoms with van der Waals surface area (Å²) in [5, 5.41) is 3.87. The number of nitrogens with one attached hydrogen (secondary N) is 1. The second-order valence-corrected chi connectivity index (χ2v) is 5.70. The largest absolute Gasteiger partial charge is 0.489 e. The molecule has 7 nitrogen and oxygen atoms in total. The van der Waals surface area contributed by atoms with E-state index in [0.29, 0.717) is 23.6 Å². The van der Waals surface area contributed by atoms with Crippen molar-refractivity contribution >= 4 is 11.8 Å². The fourth-order valence-corrected chi connectivity index (χ4v) is 2.35. The number of carbonyl (C=O) groups is 2. The lowest BCUT2D eigenvalue weighted by molar-refractivity contribution is 0.0473. The molecule has 3 aromatic rings. The van der Waals surface area contributed by atoms with Crippen LogP contribution in [0.3, 0.4) is 0 Å². The number of Topliss-reactive ketones (excluding diaryl/α,β-unsaturated/α-hetero) is 1. The number of aryl methyl sites for hydroxylation is 2. The van der Waals surface area contributed by atoms with Crippen molar-refractivity contribution in [2.45, 2.75) is 20.5 Å². The first-order chi connectivity index (χ1) is 12.5. The molecule has 26 heavy (non-hydrogen) atoms. The van der Waals surface area contributed by atoms with Crippen LogP contribution in [0.15, 0.2) is 47.1 Å². The van der Waals surface area contributed by atoms with Crippen LogP contribution in [0.2, 0.25) is 0 Å². The lowest BCUT2D eigenvalue weighted by Crippen LogP contribution is -2.14. The number of hydrogen-bond acceptors (Lipinski definition) is 6. The Kier molecular flexibility index (Phi) is 5.17. The second-order valence-electron chi connectivity index (χ2n) is 5.70. The van der Waals surface area contributed by atoms with Crippen molar-refractivity contribution in [2.75, 3.05) is 6.61 Å². The standard InChI is InChI=1S/C19H18N2O5/c1-12-16(13(2)26-21-12)10-24-15-7-5-14(6-8-15)19(23)25-11-18(22)17-4-3-9-20-17/h3-9,20H,10-11H2,1-2H3. The van der Waals surface area contributed by atoms with Gasteiger partial charge in [0, 0.05) is 6.20 Å². The Morgan fingerprint density at radius 1 is 1.15 bits per heavy atom. The van der Waals surface area contributed by atoms with Crippen LogP contribution in [0.4, 0.5) is 0 Å². The van der Waals surface area contributed by atoms with Crippen LogP contribution < -0.4 is 4.74 Å². The van der Waals surface area contributed by atoms with E-state index >= 15 is 0 Å². The van der Waals surface area contributed by atoms with Gasteiger partial charge in [-0.25, -0.2) is 4.79 Å². The molecule has 134 valence electrons. The molecular weight excluding hydrogens is 336 g/mol. The van der Waals surface area contributed by atoms with Gasteiger partial charge in [0.15, 0.2) is 6.61 Å². The topological polar surface area (TPSA) is 94.4 Å². The lowest BCUT2D eigenvalue weighted by atomic mass is 10.2. The van der Waals surface area contributed by atoms with Crippen molar-refractivity contribution in [3.63, 3.8) is 0 Å². The van der Waals surface area contributed by atoms with Gasteiger partial charge in [-0.2, -0.15) is 0 Å². The van der Waals surface area contributed by atoms with Gasteiger partial charge in [0.2, 0.25) is 5.78 Å². The summed E-state index contributed by atoms with van der Waals surface area (Å²) in [4.78, 5) is 26.6. The molecule has 0 saturated heterocycles. The Morgan fingerprint density at radius 3 is 2.54 bits per heavy atom. The Labute approximate surface area is 149 Å². The molecule has 0 aliphatic heterocycles. The van der Waals surface area contributed by atoms with Gasteiger partial charge >= 0.3 is 5.97 Å². The monoisotopic (exact) mass is 354 g/mol. The number of benzene rings is 1. The maximum absolute atomic E-state index is 12.0. The summed E-state index contributed by atoms with van der Waals surface area (Å²) in [5.74, 6) is 0.461. The van der Waals surface area contributed by atoms with E-state index in [9.17, 15) is 9.59 Å². The number of aromatic amines is 1.